The molecule has 0 unspecified atom stereocenters. The number of hydrogen-bond acceptors (Lipinski definition) is 7. The summed E-state index contributed by atoms with van der Waals surface area (Å²) in [5, 5.41) is 18.2. The second-order valence-corrected chi connectivity index (χ2v) is 5.37. The van der Waals surface area contributed by atoms with Gasteiger partial charge in [0, 0.05) is 31.2 Å². The highest BCUT2D eigenvalue weighted by Crippen LogP contribution is 2.30. The van der Waals surface area contributed by atoms with Crippen molar-refractivity contribution in [3.05, 3.63) is 34.1 Å². The third-order valence-corrected chi connectivity index (χ3v) is 3.77. The van der Waals surface area contributed by atoms with Crippen molar-refractivity contribution < 1.29 is 14.2 Å². The summed E-state index contributed by atoms with van der Waals surface area (Å²) >= 11 is 0. The van der Waals surface area contributed by atoms with Crippen molar-refractivity contribution in [1.82, 2.24) is 10.1 Å². The maximum Gasteiger partial charge on any atom is 0.293 e. The van der Waals surface area contributed by atoms with Crippen LogP contribution in [0.5, 0.6) is 0 Å². The highest BCUT2D eigenvalue weighted by Gasteiger charge is 2.20. The molecular weight excluding hydrogens is 300 g/mol. The van der Waals surface area contributed by atoms with Crippen LogP contribution in [0.1, 0.15) is 25.6 Å². The first-order chi connectivity index (χ1) is 11.2. The number of nitrogens with one attached hydrogen (secondary N) is 1. The number of nitrogens with zero attached hydrogens (tertiary/aromatic N) is 3. The van der Waals surface area contributed by atoms with E-state index in [1.54, 1.807) is 12.1 Å². The number of aryl methyl sites for hydroxylation is 1. The van der Waals surface area contributed by atoms with Gasteiger partial charge in [-0.2, -0.15) is 4.98 Å². The molecule has 1 aromatic heterocycles. The molecule has 122 valence electrons. The van der Waals surface area contributed by atoms with E-state index >= 15 is 0 Å². The van der Waals surface area contributed by atoms with E-state index < -0.39 is 4.92 Å². The third-order valence-electron chi connectivity index (χ3n) is 3.77. The molecule has 0 radical (unpaired) electrons. The number of nitro benzene ring substituents is 1. The molecule has 1 N–H and O–H groups in total. The second kappa shape index (κ2) is 6.74. The Labute approximate surface area is 133 Å². The lowest BCUT2D eigenvalue weighted by Crippen LogP contribution is -2.18. The summed E-state index contributed by atoms with van der Waals surface area (Å²) in [6.07, 6.45) is 2.76. The Kier molecular flexibility index (Phi) is 4.52. The van der Waals surface area contributed by atoms with Gasteiger partial charge in [-0.05, 0) is 25.0 Å². The molecule has 1 fully saturated rings. The average Bonchev–Trinajstić information content (AvgIpc) is 3.24. The molecule has 1 aliphatic rings. The highest BCUT2D eigenvalue weighted by molar-refractivity contribution is 5.69. The molecular formula is C15H18N4O4. The summed E-state index contributed by atoms with van der Waals surface area (Å²) in [5.74, 6) is 0.860. The van der Waals surface area contributed by atoms with Gasteiger partial charge in [-0.3, -0.25) is 10.1 Å². The molecule has 2 heterocycles. The number of nitro groups is 1. The molecule has 1 aliphatic heterocycles. The summed E-state index contributed by atoms with van der Waals surface area (Å²) in [6.45, 7) is 3.22. The van der Waals surface area contributed by atoms with Crippen molar-refractivity contribution >= 4 is 11.4 Å². The fourth-order valence-electron chi connectivity index (χ4n) is 2.51. The third kappa shape index (κ3) is 3.48. The van der Waals surface area contributed by atoms with Crippen LogP contribution in [0.3, 0.4) is 0 Å². The lowest BCUT2D eigenvalue weighted by molar-refractivity contribution is -0.383. The van der Waals surface area contributed by atoms with Gasteiger partial charge in [-0.25, -0.2) is 0 Å². The van der Waals surface area contributed by atoms with Gasteiger partial charge < -0.3 is 14.6 Å². The molecule has 0 saturated carbocycles. The van der Waals surface area contributed by atoms with Gasteiger partial charge in [0.05, 0.1) is 11.0 Å². The first kappa shape index (κ1) is 15.4. The van der Waals surface area contributed by atoms with E-state index in [0.29, 0.717) is 30.0 Å². The molecule has 8 nitrogen and oxygen atoms in total. The van der Waals surface area contributed by atoms with E-state index in [1.807, 2.05) is 6.92 Å². The molecule has 1 aromatic carbocycles. The minimum absolute atomic E-state index is 0.0169. The number of aromatic nitrogens is 2. The van der Waals surface area contributed by atoms with E-state index in [2.05, 4.69) is 15.5 Å². The van der Waals surface area contributed by atoms with Crippen molar-refractivity contribution in [2.24, 2.45) is 0 Å². The average molecular weight is 318 g/mol. The van der Waals surface area contributed by atoms with Gasteiger partial charge in [0.25, 0.3) is 11.6 Å². The molecule has 0 aliphatic carbocycles. The van der Waals surface area contributed by atoms with Crippen LogP contribution in [0.15, 0.2) is 22.7 Å². The van der Waals surface area contributed by atoms with Gasteiger partial charge in [0.1, 0.15) is 5.69 Å². The summed E-state index contributed by atoms with van der Waals surface area (Å²) in [7, 11) is 0. The maximum absolute atomic E-state index is 11.3. The Balaban J connectivity index is 1.81. The molecule has 1 atom stereocenters. The van der Waals surface area contributed by atoms with Crippen LogP contribution in [0.4, 0.5) is 11.4 Å². The van der Waals surface area contributed by atoms with Crippen LogP contribution < -0.4 is 5.32 Å². The smallest absolute Gasteiger partial charge is 0.293 e. The van der Waals surface area contributed by atoms with Crippen molar-refractivity contribution in [1.29, 1.82) is 0 Å². The Morgan fingerprint density at radius 1 is 1.48 bits per heavy atom. The Morgan fingerprint density at radius 3 is 3.00 bits per heavy atom. The van der Waals surface area contributed by atoms with Crippen LogP contribution in [-0.4, -0.2) is 34.3 Å². The number of anilines is 1. The van der Waals surface area contributed by atoms with E-state index in [9.17, 15) is 10.1 Å². The molecule has 0 bridgehead atoms. The first-order valence-corrected chi connectivity index (χ1v) is 7.64. The van der Waals surface area contributed by atoms with E-state index in [0.717, 1.165) is 19.4 Å². The Bertz CT molecular complexity index is 695. The van der Waals surface area contributed by atoms with Crippen LogP contribution in [0.2, 0.25) is 0 Å². The molecule has 0 amide bonds. The Morgan fingerprint density at radius 2 is 2.35 bits per heavy atom. The zero-order valence-electron chi connectivity index (χ0n) is 12.8. The van der Waals surface area contributed by atoms with Crippen LogP contribution >= 0.6 is 0 Å². The minimum atomic E-state index is -0.418. The van der Waals surface area contributed by atoms with Crippen LogP contribution in [0, 0.1) is 10.1 Å². The fourth-order valence-corrected chi connectivity index (χ4v) is 2.51. The van der Waals surface area contributed by atoms with Gasteiger partial charge in [0.15, 0.2) is 5.82 Å². The zero-order chi connectivity index (χ0) is 16.2. The quantitative estimate of drug-likeness (QED) is 0.645. The summed E-state index contributed by atoms with van der Waals surface area (Å²) in [6, 6.07) is 4.85. The van der Waals surface area contributed by atoms with Crippen molar-refractivity contribution in [3.63, 3.8) is 0 Å². The lowest BCUT2D eigenvalue weighted by Gasteiger charge is -2.12. The number of hydrogen-bond donors (Lipinski definition) is 1. The molecule has 2 aromatic rings. The molecule has 1 saturated heterocycles. The van der Waals surface area contributed by atoms with E-state index in [-0.39, 0.29) is 17.7 Å². The predicted molar refractivity (Wildman–Crippen MR) is 83.2 cm³/mol. The Hall–Kier alpha value is -2.48. The molecule has 8 heteroatoms. The summed E-state index contributed by atoms with van der Waals surface area (Å²) < 4.78 is 10.7. The second-order valence-electron chi connectivity index (χ2n) is 5.37. The summed E-state index contributed by atoms with van der Waals surface area (Å²) in [5.41, 5.74) is 0.979. The monoisotopic (exact) mass is 318 g/mol. The SMILES string of the molecule is CCc1noc(-c2ccc(NC[C@@H]3CCCO3)c([N+](=O)[O-])c2)n1. The summed E-state index contributed by atoms with van der Waals surface area (Å²) in [4.78, 5) is 15.1. The molecule has 23 heavy (non-hydrogen) atoms. The van der Waals surface area contributed by atoms with Crippen LogP contribution in [0.25, 0.3) is 11.5 Å². The van der Waals surface area contributed by atoms with Gasteiger partial charge in [0.2, 0.25) is 0 Å². The van der Waals surface area contributed by atoms with E-state index in [1.165, 1.54) is 6.07 Å². The predicted octanol–water partition coefficient (Wildman–Crippen LogP) is 2.80. The topological polar surface area (TPSA) is 103 Å². The van der Waals surface area contributed by atoms with Crippen molar-refractivity contribution in [2.45, 2.75) is 32.3 Å². The highest BCUT2D eigenvalue weighted by atomic mass is 16.6. The number of ether oxygens (including phenoxy) is 1. The molecule has 3 rings (SSSR count). The minimum Gasteiger partial charge on any atom is -0.377 e. The van der Waals surface area contributed by atoms with Gasteiger partial charge in [-0.1, -0.05) is 12.1 Å². The number of benzene rings is 1. The fraction of sp³-hybridized carbons (Fsp3) is 0.467. The first-order valence-electron chi connectivity index (χ1n) is 7.64. The van der Waals surface area contributed by atoms with Gasteiger partial charge in [-0.15, -0.1) is 0 Å². The van der Waals surface area contributed by atoms with Crippen molar-refractivity contribution in [2.75, 3.05) is 18.5 Å². The standard InChI is InChI=1S/C15H18N4O4/c1-2-14-17-15(23-18-14)10-5-6-12(13(8-10)19(20)21)16-9-11-4-3-7-22-11/h5-6,8,11,16H,2-4,7,9H2,1H3/t11-/m0/s1. The molecule has 0 spiro atoms. The van der Waals surface area contributed by atoms with E-state index in [4.69, 9.17) is 9.26 Å². The van der Waals surface area contributed by atoms with Crippen LogP contribution in [-0.2, 0) is 11.2 Å². The zero-order valence-corrected chi connectivity index (χ0v) is 12.8. The lowest BCUT2D eigenvalue weighted by atomic mass is 10.1. The maximum atomic E-state index is 11.3. The van der Waals surface area contributed by atoms with Gasteiger partial charge >= 0.3 is 0 Å². The number of rotatable bonds is 6. The van der Waals surface area contributed by atoms with Crippen molar-refractivity contribution in [3.8, 4) is 11.5 Å². The normalized spacial score (nSPS) is 17.3. The largest absolute Gasteiger partial charge is 0.377 e.